The number of carboxylic acids is 1. The first-order valence-electron chi connectivity index (χ1n) is 3.92. The van der Waals surface area contributed by atoms with E-state index in [0.717, 1.165) is 10.6 Å². The first-order chi connectivity index (χ1) is 7.39. The van der Waals surface area contributed by atoms with Crippen molar-refractivity contribution in [3.8, 4) is 0 Å². The van der Waals surface area contributed by atoms with Crippen LogP contribution in [0.4, 0.5) is 13.2 Å². The van der Waals surface area contributed by atoms with Crippen molar-refractivity contribution in [3.63, 3.8) is 0 Å². The van der Waals surface area contributed by atoms with Crippen LogP contribution in [0.1, 0.15) is 16.3 Å². The minimum Gasteiger partial charge on any atom is -0.475 e. The molecule has 2 rings (SSSR count). The SMILES string of the molecule is O=C(O)c1nnc2nc(C(F)(F)F)ccn12. The van der Waals surface area contributed by atoms with Gasteiger partial charge in [0.1, 0.15) is 5.69 Å². The van der Waals surface area contributed by atoms with Crippen LogP contribution in [0, 0.1) is 0 Å². The monoisotopic (exact) mass is 232 g/mol. The summed E-state index contributed by atoms with van der Waals surface area (Å²) in [6.07, 6.45) is -3.69. The topological polar surface area (TPSA) is 80.4 Å². The minimum atomic E-state index is -4.60. The third-order valence-electron chi connectivity index (χ3n) is 1.76. The molecule has 0 saturated carbocycles. The van der Waals surface area contributed by atoms with Crippen molar-refractivity contribution in [2.45, 2.75) is 6.18 Å². The molecule has 9 heteroatoms. The molecule has 2 aromatic heterocycles. The molecule has 0 spiro atoms. The predicted octanol–water partition coefficient (Wildman–Crippen LogP) is 0.841. The Hall–Kier alpha value is -2.19. The van der Waals surface area contributed by atoms with E-state index >= 15 is 0 Å². The first kappa shape index (κ1) is 10.3. The summed E-state index contributed by atoms with van der Waals surface area (Å²) in [6, 6.07) is 0.656. The fraction of sp³-hybridized carbons (Fsp3) is 0.143. The Balaban J connectivity index is 2.62. The molecular weight excluding hydrogens is 229 g/mol. The van der Waals surface area contributed by atoms with Crippen molar-refractivity contribution in [1.82, 2.24) is 19.6 Å². The number of fused-ring (bicyclic) bond motifs is 1. The highest BCUT2D eigenvalue weighted by molar-refractivity contribution is 5.84. The molecule has 16 heavy (non-hydrogen) atoms. The van der Waals surface area contributed by atoms with E-state index in [2.05, 4.69) is 15.2 Å². The fourth-order valence-electron chi connectivity index (χ4n) is 1.09. The number of aromatic nitrogens is 4. The van der Waals surface area contributed by atoms with Crippen LogP contribution in [0.15, 0.2) is 12.3 Å². The number of aromatic carboxylic acids is 1. The van der Waals surface area contributed by atoms with Gasteiger partial charge in [0, 0.05) is 6.20 Å². The molecule has 84 valence electrons. The van der Waals surface area contributed by atoms with Crippen molar-refractivity contribution in [3.05, 3.63) is 23.8 Å². The van der Waals surface area contributed by atoms with Gasteiger partial charge in [-0.15, -0.1) is 10.2 Å². The lowest BCUT2D eigenvalue weighted by Gasteiger charge is -2.04. The summed E-state index contributed by atoms with van der Waals surface area (Å²) < 4.78 is 37.6. The van der Waals surface area contributed by atoms with Crippen LogP contribution in [-0.2, 0) is 6.18 Å². The first-order valence-corrected chi connectivity index (χ1v) is 3.92. The summed E-state index contributed by atoms with van der Waals surface area (Å²) in [5.41, 5.74) is -1.15. The van der Waals surface area contributed by atoms with Crippen LogP contribution in [0.2, 0.25) is 0 Å². The summed E-state index contributed by atoms with van der Waals surface area (Å²) in [5.74, 6) is -2.29. The normalized spacial score (nSPS) is 11.9. The number of halogens is 3. The molecule has 2 aromatic rings. The maximum Gasteiger partial charge on any atom is 0.433 e. The molecule has 0 radical (unpaired) electrons. The summed E-state index contributed by atoms with van der Waals surface area (Å²) in [4.78, 5) is 13.7. The van der Waals surface area contributed by atoms with E-state index in [1.165, 1.54) is 0 Å². The van der Waals surface area contributed by atoms with Crippen molar-refractivity contribution in [1.29, 1.82) is 0 Å². The number of hydrogen-bond donors (Lipinski definition) is 1. The average Bonchev–Trinajstić information content (AvgIpc) is 2.58. The zero-order valence-corrected chi connectivity index (χ0v) is 7.43. The molecule has 0 atom stereocenters. The number of nitrogens with zero attached hydrogens (tertiary/aromatic N) is 4. The highest BCUT2D eigenvalue weighted by Gasteiger charge is 2.33. The minimum absolute atomic E-state index is 0.410. The quantitative estimate of drug-likeness (QED) is 0.787. The van der Waals surface area contributed by atoms with Crippen LogP contribution in [0.5, 0.6) is 0 Å². The lowest BCUT2D eigenvalue weighted by molar-refractivity contribution is -0.141. The van der Waals surface area contributed by atoms with E-state index in [4.69, 9.17) is 5.11 Å². The number of hydrogen-bond acceptors (Lipinski definition) is 4. The van der Waals surface area contributed by atoms with Gasteiger partial charge in [0.05, 0.1) is 0 Å². The number of alkyl halides is 3. The van der Waals surface area contributed by atoms with E-state index < -0.39 is 29.4 Å². The largest absolute Gasteiger partial charge is 0.475 e. The Morgan fingerprint density at radius 1 is 1.38 bits per heavy atom. The molecule has 0 aliphatic rings. The third kappa shape index (κ3) is 1.55. The van der Waals surface area contributed by atoms with Gasteiger partial charge in [-0.25, -0.2) is 9.78 Å². The Labute approximate surface area is 85.4 Å². The molecule has 0 aliphatic heterocycles. The second kappa shape index (κ2) is 3.15. The number of rotatable bonds is 1. The molecule has 0 fully saturated rings. The van der Waals surface area contributed by atoms with Crippen LogP contribution < -0.4 is 0 Å². The maximum absolute atomic E-state index is 12.2. The van der Waals surface area contributed by atoms with Crippen molar-refractivity contribution >= 4 is 11.7 Å². The van der Waals surface area contributed by atoms with Crippen molar-refractivity contribution in [2.75, 3.05) is 0 Å². The smallest absolute Gasteiger partial charge is 0.433 e. The number of carboxylic acid groups (broad SMARTS) is 1. The van der Waals surface area contributed by atoms with Crippen LogP contribution in [-0.4, -0.2) is 30.7 Å². The zero-order valence-electron chi connectivity index (χ0n) is 7.43. The van der Waals surface area contributed by atoms with Gasteiger partial charge in [0.15, 0.2) is 0 Å². The Morgan fingerprint density at radius 2 is 2.06 bits per heavy atom. The van der Waals surface area contributed by atoms with E-state index in [9.17, 15) is 18.0 Å². The van der Waals surface area contributed by atoms with Gasteiger partial charge in [-0.2, -0.15) is 13.2 Å². The van der Waals surface area contributed by atoms with E-state index in [1.807, 2.05) is 0 Å². The summed E-state index contributed by atoms with van der Waals surface area (Å²) in [5, 5.41) is 15.1. The van der Waals surface area contributed by atoms with Crippen LogP contribution in [0.3, 0.4) is 0 Å². The highest BCUT2D eigenvalue weighted by atomic mass is 19.4. The molecule has 2 heterocycles. The standard InChI is InChI=1S/C7H3F3N4O2/c8-7(9,10)3-1-2-14-4(5(15)16)12-13-6(14)11-3/h1-2H,(H,15,16). The summed E-state index contributed by atoms with van der Waals surface area (Å²) >= 11 is 0. The molecule has 0 unspecified atom stereocenters. The summed E-state index contributed by atoms with van der Waals surface area (Å²) in [6.45, 7) is 0. The second-order valence-corrected chi connectivity index (χ2v) is 2.81. The second-order valence-electron chi connectivity index (χ2n) is 2.81. The fourth-order valence-corrected chi connectivity index (χ4v) is 1.09. The van der Waals surface area contributed by atoms with E-state index in [0.29, 0.717) is 6.07 Å². The molecule has 0 bridgehead atoms. The van der Waals surface area contributed by atoms with Gasteiger partial charge in [0.2, 0.25) is 5.82 Å². The Bertz CT molecular complexity index is 562. The molecule has 1 N–H and O–H groups in total. The van der Waals surface area contributed by atoms with Crippen LogP contribution in [0.25, 0.3) is 5.78 Å². The van der Waals surface area contributed by atoms with Crippen molar-refractivity contribution < 1.29 is 23.1 Å². The van der Waals surface area contributed by atoms with Gasteiger partial charge >= 0.3 is 12.1 Å². The Morgan fingerprint density at radius 3 is 2.62 bits per heavy atom. The van der Waals surface area contributed by atoms with Gasteiger partial charge in [-0.3, -0.25) is 4.40 Å². The van der Waals surface area contributed by atoms with Gasteiger partial charge in [0.25, 0.3) is 5.78 Å². The van der Waals surface area contributed by atoms with Crippen LogP contribution >= 0.6 is 0 Å². The van der Waals surface area contributed by atoms with Crippen molar-refractivity contribution in [2.24, 2.45) is 0 Å². The molecule has 0 saturated heterocycles. The zero-order chi connectivity index (χ0) is 11.9. The molecule has 0 amide bonds. The lowest BCUT2D eigenvalue weighted by Crippen LogP contribution is -2.10. The van der Waals surface area contributed by atoms with E-state index in [1.54, 1.807) is 0 Å². The molecule has 0 aliphatic carbocycles. The molecule has 6 nitrogen and oxygen atoms in total. The van der Waals surface area contributed by atoms with Gasteiger partial charge in [-0.1, -0.05) is 0 Å². The molecule has 0 aromatic carbocycles. The van der Waals surface area contributed by atoms with E-state index in [-0.39, 0.29) is 0 Å². The average molecular weight is 232 g/mol. The third-order valence-corrected chi connectivity index (χ3v) is 1.76. The maximum atomic E-state index is 12.2. The molecular formula is C7H3F3N4O2. The Kier molecular flexibility index (Phi) is 2.04. The predicted molar refractivity (Wildman–Crippen MR) is 42.7 cm³/mol. The lowest BCUT2D eigenvalue weighted by atomic mass is 10.4. The van der Waals surface area contributed by atoms with Gasteiger partial charge < -0.3 is 5.11 Å². The highest BCUT2D eigenvalue weighted by Crippen LogP contribution is 2.27. The van der Waals surface area contributed by atoms with Gasteiger partial charge in [-0.05, 0) is 6.07 Å². The summed E-state index contributed by atoms with van der Waals surface area (Å²) in [7, 11) is 0. The number of carbonyl (C=O) groups is 1.